The quantitative estimate of drug-likeness (QED) is 0.769. The third-order valence-electron chi connectivity index (χ3n) is 1.74. The van der Waals surface area contributed by atoms with Gasteiger partial charge in [0.15, 0.2) is 0 Å². The Bertz CT molecular complexity index is 309. The van der Waals surface area contributed by atoms with Crippen molar-refractivity contribution < 1.29 is 9.53 Å². The zero-order valence-electron chi connectivity index (χ0n) is 8.96. The Morgan fingerprint density at radius 2 is 2.33 bits per heavy atom. The van der Waals surface area contributed by atoms with Gasteiger partial charge in [0.2, 0.25) is 5.91 Å². The first kappa shape index (κ1) is 11.5. The first-order valence-electron chi connectivity index (χ1n) is 4.80. The van der Waals surface area contributed by atoms with Gasteiger partial charge in [-0.05, 0) is 25.1 Å². The van der Waals surface area contributed by atoms with Crippen LogP contribution in [-0.2, 0) is 9.53 Å². The number of carbonyl (C=O) groups excluding carboxylic acids is 1. The molecule has 0 aliphatic rings. The second kappa shape index (κ2) is 6.03. The number of hydrogen-bond donors (Lipinski definition) is 2. The minimum atomic E-state index is -0.165. The Morgan fingerprint density at radius 3 is 2.87 bits per heavy atom. The maximum absolute atomic E-state index is 11.2. The van der Waals surface area contributed by atoms with Crippen LogP contribution in [-0.4, -0.2) is 26.2 Å². The molecule has 0 spiro atoms. The van der Waals surface area contributed by atoms with Crippen molar-refractivity contribution in [2.45, 2.75) is 6.92 Å². The molecule has 15 heavy (non-hydrogen) atoms. The number of anilines is 2. The second-order valence-electron chi connectivity index (χ2n) is 3.00. The minimum Gasteiger partial charge on any atom is -0.385 e. The third kappa shape index (κ3) is 3.99. The summed E-state index contributed by atoms with van der Waals surface area (Å²) < 4.78 is 4.70. The third-order valence-corrected chi connectivity index (χ3v) is 1.74. The lowest BCUT2D eigenvalue weighted by Gasteiger charge is -2.06. The van der Waals surface area contributed by atoms with Crippen molar-refractivity contribution in [1.29, 1.82) is 0 Å². The van der Waals surface area contributed by atoms with Crippen molar-refractivity contribution in [2.24, 2.45) is 0 Å². The summed E-state index contributed by atoms with van der Waals surface area (Å²) in [5.74, 6) is -0.165. The van der Waals surface area contributed by atoms with Crippen molar-refractivity contribution in [3.63, 3.8) is 0 Å². The molecular formula is C11H15N2O2. The Kier molecular flexibility index (Phi) is 4.63. The van der Waals surface area contributed by atoms with Gasteiger partial charge in [0.1, 0.15) is 6.61 Å². The minimum absolute atomic E-state index is 0.0644. The zero-order chi connectivity index (χ0) is 11.1. The smallest absolute Gasteiger partial charge is 0.250 e. The van der Waals surface area contributed by atoms with E-state index in [2.05, 4.69) is 16.7 Å². The SMILES string of the molecule is CCNc1[c]cc(NC(=O)COC)cc1. The van der Waals surface area contributed by atoms with E-state index < -0.39 is 0 Å². The maximum atomic E-state index is 11.2. The van der Waals surface area contributed by atoms with Crippen LogP contribution >= 0.6 is 0 Å². The van der Waals surface area contributed by atoms with Crippen LogP contribution in [0.3, 0.4) is 0 Å². The molecule has 4 nitrogen and oxygen atoms in total. The van der Waals surface area contributed by atoms with Crippen LogP contribution in [0.15, 0.2) is 18.2 Å². The van der Waals surface area contributed by atoms with Gasteiger partial charge in [-0.15, -0.1) is 0 Å². The predicted octanol–water partition coefficient (Wildman–Crippen LogP) is 1.50. The molecule has 2 N–H and O–H groups in total. The van der Waals surface area contributed by atoms with Gasteiger partial charge in [-0.1, -0.05) is 0 Å². The molecule has 1 amide bonds. The lowest BCUT2D eigenvalue weighted by atomic mass is 10.3. The van der Waals surface area contributed by atoms with Gasteiger partial charge in [0.25, 0.3) is 0 Å². The van der Waals surface area contributed by atoms with E-state index in [9.17, 15) is 4.79 Å². The average Bonchev–Trinajstić information content (AvgIpc) is 2.22. The largest absolute Gasteiger partial charge is 0.385 e. The van der Waals surface area contributed by atoms with Crippen molar-refractivity contribution >= 4 is 17.3 Å². The van der Waals surface area contributed by atoms with Crippen molar-refractivity contribution in [2.75, 3.05) is 30.9 Å². The second-order valence-corrected chi connectivity index (χ2v) is 3.00. The van der Waals surface area contributed by atoms with E-state index in [0.29, 0.717) is 0 Å². The summed E-state index contributed by atoms with van der Waals surface area (Å²) in [5, 5.41) is 5.81. The molecule has 0 saturated heterocycles. The van der Waals surface area contributed by atoms with E-state index in [1.165, 1.54) is 7.11 Å². The first-order chi connectivity index (χ1) is 7.26. The van der Waals surface area contributed by atoms with Crippen LogP contribution < -0.4 is 10.6 Å². The lowest BCUT2D eigenvalue weighted by molar-refractivity contribution is -0.119. The molecule has 1 rings (SSSR count). The molecule has 81 valence electrons. The molecule has 1 aromatic rings. The van der Waals surface area contributed by atoms with Crippen molar-refractivity contribution in [1.82, 2.24) is 0 Å². The number of nitrogens with one attached hydrogen (secondary N) is 2. The summed E-state index contributed by atoms with van der Waals surface area (Å²) in [5.41, 5.74) is 1.64. The summed E-state index contributed by atoms with van der Waals surface area (Å²) in [4.78, 5) is 11.2. The normalized spacial score (nSPS) is 9.73. The zero-order valence-corrected chi connectivity index (χ0v) is 8.96. The summed E-state index contributed by atoms with van der Waals surface area (Å²) in [7, 11) is 1.49. The number of amides is 1. The molecule has 0 heterocycles. The fraction of sp³-hybridized carbons (Fsp3) is 0.364. The average molecular weight is 207 g/mol. The monoisotopic (exact) mass is 207 g/mol. The van der Waals surface area contributed by atoms with Crippen molar-refractivity contribution in [3.8, 4) is 0 Å². The highest BCUT2D eigenvalue weighted by molar-refractivity contribution is 5.91. The van der Waals surface area contributed by atoms with Crippen molar-refractivity contribution in [3.05, 3.63) is 24.3 Å². The number of hydrogen-bond acceptors (Lipinski definition) is 3. The molecule has 0 aliphatic carbocycles. The van der Waals surface area contributed by atoms with Crippen LogP contribution in [0.25, 0.3) is 0 Å². The van der Waals surface area contributed by atoms with E-state index in [1.54, 1.807) is 6.07 Å². The molecule has 0 saturated carbocycles. The summed E-state index contributed by atoms with van der Waals surface area (Å²) in [6, 6.07) is 8.43. The molecule has 0 aliphatic heterocycles. The molecule has 4 heteroatoms. The van der Waals surface area contributed by atoms with Gasteiger partial charge in [0, 0.05) is 31.1 Å². The van der Waals surface area contributed by atoms with Crippen LogP contribution in [0.2, 0.25) is 0 Å². The van der Waals surface area contributed by atoms with Crippen LogP contribution in [0.4, 0.5) is 11.4 Å². The molecule has 0 unspecified atom stereocenters. The highest BCUT2D eigenvalue weighted by Gasteiger charge is 2.00. The summed E-state index contributed by atoms with van der Waals surface area (Å²) in [6.07, 6.45) is 0. The highest BCUT2D eigenvalue weighted by Crippen LogP contribution is 2.12. The Balaban J connectivity index is 2.52. The van der Waals surface area contributed by atoms with E-state index in [0.717, 1.165) is 17.9 Å². The molecule has 0 atom stereocenters. The van der Waals surface area contributed by atoms with Gasteiger partial charge >= 0.3 is 0 Å². The fourth-order valence-electron chi connectivity index (χ4n) is 1.13. The Morgan fingerprint density at radius 1 is 1.53 bits per heavy atom. The van der Waals surface area contributed by atoms with E-state index in [1.807, 2.05) is 19.1 Å². The van der Waals surface area contributed by atoms with Gasteiger partial charge < -0.3 is 15.4 Å². The highest BCUT2D eigenvalue weighted by atomic mass is 16.5. The number of rotatable bonds is 5. The fourth-order valence-corrected chi connectivity index (χ4v) is 1.13. The number of methoxy groups -OCH3 is 1. The molecule has 1 aromatic carbocycles. The molecular weight excluding hydrogens is 192 g/mol. The standard InChI is InChI=1S/C11H15N2O2/c1-3-12-9-4-6-10(7-5-9)13-11(14)8-15-2/h4,6-7,12H,3,8H2,1-2H3,(H,13,14). The number of carbonyl (C=O) groups is 1. The molecule has 0 aromatic heterocycles. The maximum Gasteiger partial charge on any atom is 0.250 e. The summed E-state index contributed by atoms with van der Waals surface area (Å²) >= 11 is 0. The number of ether oxygens (including phenoxy) is 1. The first-order valence-corrected chi connectivity index (χ1v) is 4.80. The number of benzene rings is 1. The molecule has 0 bridgehead atoms. The van der Waals surface area contributed by atoms with Gasteiger partial charge in [-0.3, -0.25) is 4.79 Å². The van der Waals surface area contributed by atoms with Gasteiger partial charge in [0.05, 0.1) is 0 Å². The van der Waals surface area contributed by atoms with E-state index in [4.69, 9.17) is 4.74 Å². The van der Waals surface area contributed by atoms with Crippen LogP contribution in [0.1, 0.15) is 6.92 Å². The Labute approximate surface area is 89.6 Å². The topological polar surface area (TPSA) is 50.4 Å². The lowest BCUT2D eigenvalue weighted by Crippen LogP contribution is -2.16. The molecule has 1 radical (unpaired) electrons. The van der Waals surface area contributed by atoms with Gasteiger partial charge in [-0.2, -0.15) is 0 Å². The summed E-state index contributed by atoms with van der Waals surface area (Å²) in [6.45, 7) is 2.93. The van der Waals surface area contributed by atoms with E-state index >= 15 is 0 Å². The predicted molar refractivity (Wildman–Crippen MR) is 59.9 cm³/mol. The van der Waals surface area contributed by atoms with Crippen LogP contribution in [0.5, 0.6) is 0 Å². The van der Waals surface area contributed by atoms with Crippen LogP contribution in [0, 0.1) is 6.07 Å². The van der Waals surface area contributed by atoms with E-state index in [-0.39, 0.29) is 12.5 Å². The molecule has 0 fully saturated rings. The van der Waals surface area contributed by atoms with Gasteiger partial charge in [-0.25, -0.2) is 0 Å². The Hall–Kier alpha value is -1.55.